The van der Waals surface area contributed by atoms with Gasteiger partial charge < -0.3 is 19.3 Å². The van der Waals surface area contributed by atoms with Gasteiger partial charge in [0.05, 0.1) is 13.2 Å². The number of methoxy groups -OCH3 is 1. The number of benzene rings is 1. The van der Waals surface area contributed by atoms with E-state index in [1.807, 2.05) is 31.2 Å². The number of hydrogen-bond acceptors (Lipinski definition) is 4. The second kappa shape index (κ2) is 7.21. The third kappa shape index (κ3) is 3.38. The average Bonchev–Trinajstić information content (AvgIpc) is 2.61. The third-order valence-electron chi connectivity index (χ3n) is 4.73. The van der Waals surface area contributed by atoms with Gasteiger partial charge in [0.1, 0.15) is 12.3 Å². The molecule has 0 N–H and O–H groups in total. The van der Waals surface area contributed by atoms with Crippen molar-refractivity contribution in [2.45, 2.75) is 25.8 Å². The number of hydrogen-bond donors (Lipinski definition) is 0. The summed E-state index contributed by atoms with van der Waals surface area (Å²) in [5.41, 5.74) is 0.810. The van der Waals surface area contributed by atoms with E-state index in [2.05, 4.69) is 0 Å². The maximum absolute atomic E-state index is 12.7. The summed E-state index contributed by atoms with van der Waals surface area (Å²) in [7, 11) is 1.61. The van der Waals surface area contributed by atoms with Gasteiger partial charge in [0.25, 0.3) is 0 Å². The van der Waals surface area contributed by atoms with E-state index in [1.165, 1.54) is 0 Å². The lowest BCUT2D eigenvalue weighted by Crippen LogP contribution is -2.58. The third-order valence-corrected chi connectivity index (χ3v) is 4.73. The van der Waals surface area contributed by atoms with Gasteiger partial charge in [-0.1, -0.05) is 6.07 Å². The first kappa shape index (κ1) is 16.8. The van der Waals surface area contributed by atoms with Crippen molar-refractivity contribution in [3.05, 3.63) is 24.3 Å². The Balaban J connectivity index is 1.72. The Kier molecular flexibility index (Phi) is 5.04. The van der Waals surface area contributed by atoms with E-state index in [0.717, 1.165) is 18.5 Å². The molecule has 2 aliphatic heterocycles. The van der Waals surface area contributed by atoms with Crippen molar-refractivity contribution in [1.29, 1.82) is 0 Å². The van der Waals surface area contributed by atoms with E-state index in [1.54, 1.807) is 16.9 Å². The minimum atomic E-state index is -0.0675. The fourth-order valence-corrected chi connectivity index (χ4v) is 3.48. The minimum absolute atomic E-state index is 0.0119. The van der Waals surface area contributed by atoms with Crippen LogP contribution in [0.2, 0.25) is 0 Å². The lowest BCUT2D eigenvalue weighted by Gasteiger charge is -2.41. The molecule has 0 saturated carbocycles. The van der Waals surface area contributed by atoms with Gasteiger partial charge in [-0.2, -0.15) is 0 Å². The van der Waals surface area contributed by atoms with Crippen molar-refractivity contribution in [2.24, 2.45) is 5.92 Å². The van der Waals surface area contributed by atoms with Gasteiger partial charge in [0.2, 0.25) is 11.8 Å². The molecule has 2 aliphatic rings. The summed E-state index contributed by atoms with van der Waals surface area (Å²) >= 11 is 0. The molecule has 0 spiro atoms. The van der Waals surface area contributed by atoms with Crippen LogP contribution in [-0.2, 0) is 14.3 Å². The Bertz CT molecular complexity index is 613. The molecule has 0 bridgehead atoms. The van der Waals surface area contributed by atoms with Crippen molar-refractivity contribution in [1.82, 2.24) is 4.90 Å². The maximum Gasteiger partial charge on any atom is 0.246 e. The number of rotatable bonds is 3. The summed E-state index contributed by atoms with van der Waals surface area (Å²) in [5, 5.41) is 0. The van der Waals surface area contributed by atoms with E-state index in [4.69, 9.17) is 9.47 Å². The molecule has 6 nitrogen and oxygen atoms in total. The highest BCUT2D eigenvalue weighted by Crippen LogP contribution is 2.27. The second-order valence-corrected chi connectivity index (χ2v) is 6.42. The molecule has 2 fully saturated rings. The van der Waals surface area contributed by atoms with Crippen molar-refractivity contribution >= 4 is 17.5 Å². The summed E-state index contributed by atoms with van der Waals surface area (Å²) in [4.78, 5) is 28.8. The molecule has 2 saturated heterocycles. The van der Waals surface area contributed by atoms with Crippen molar-refractivity contribution < 1.29 is 19.1 Å². The monoisotopic (exact) mass is 332 g/mol. The van der Waals surface area contributed by atoms with Crippen LogP contribution in [0.25, 0.3) is 0 Å². The molecule has 3 rings (SSSR count). The number of nitrogens with zero attached hydrogens (tertiary/aromatic N) is 2. The standard InChI is InChI=1S/C18H24N2O4/c1-13-11-19(18(22)14-6-8-24-9-7-14)12-17(21)20(13)15-4-3-5-16(10-15)23-2/h3-5,10,13-14H,6-9,11-12H2,1-2H3/t13-/m1/s1. The molecule has 0 aliphatic carbocycles. The highest BCUT2D eigenvalue weighted by molar-refractivity contribution is 5.98. The second-order valence-electron chi connectivity index (χ2n) is 6.42. The van der Waals surface area contributed by atoms with Gasteiger partial charge in [-0.15, -0.1) is 0 Å². The van der Waals surface area contributed by atoms with Gasteiger partial charge in [0, 0.05) is 37.4 Å². The first-order chi connectivity index (χ1) is 11.6. The van der Waals surface area contributed by atoms with Crippen molar-refractivity contribution in [2.75, 3.05) is 38.3 Å². The number of amides is 2. The van der Waals surface area contributed by atoms with Crippen LogP contribution in [0.3, 0.4) is 0 Å². The average molecular weight is 332 g/mol. The molecule has 1 aromatic rings. The maximum atomic E-state index is 12.7. The summed E-state index contributed by atoms with van der Waals surface area (Å²) in [6.07, 6.45) is 1.50. The fraction of sp³-hybridized carbons (Fsp3) is 0.556. The highest BCUT2D eigenvalue weighted by Gasteiger charge is 2.36. The smallest absolute Gasteiger partial charge is 0.246 e. The number of anilines is 1. The summed E-state index contributed by atoms with van der Waals surface area (Å²) in [6, 6.07) is 7.40. The Morgan fingerprint density at radius 2 is 2.04 bits per heavy atom. The molecular weight excluding hydrogens is 308 g/mol. The molecule has 0 radical (unpaired) electrons. The molecule has 1 aromatic carbocycles. The molecule has 2 amide bonds. The van der Waals surface area contributed by atoms with E-state index >= 15 is 0 Å². The van der Waals surface area contributed by atoms with Gasteiger partial charge in [0.15, 0.2) is 0 Å². The Morgan fingerprint density at radius 3 is 2.71 bits per heavy atom. The van der Waals surface area contributed by atoms with Gasteiger partial charge >= 0.3 is 0 Å². The molecular formula is C18H24N2O4. The van der Waals surface area contributed by atoms with E-state index in [-0.39, 0.29) is 30.3 Å². The Labute approximate surface area is 142 Å². The van der Waals surface area contributed by atoms with Crippen LogP contribution < -0.4 is 9.64 Å². The molecule has 0 unspecified atom stereocenters. The summed E-state index contributed by atoms with van der Waals surface area (Å²) < 4.78 is 10.6. The molecule has 130 valence electrons. The molecule has 1 atom stereocenters. The zero-order valence-corrected chi connectivity index (χ0v) is 14.2. The van der Waals surface area contributed by atoms with E-state index < -0.39 is 0 Å². The zero-order valence-electron chi connectivity index (χ0n) is 14.2. The predicted molar refractivity (Wildman–Crippen MR) is 90.1 cm³/mol. The van der Waals surface area contributed by atoms with Crippen molar-refractivity contribution in [3.8, 4) is 5.75 Å². The molecule has 2 heterocycles. The molecule has 0 aromatic heterocycles. The number of carbonyl (C=O) groups excluding carboxylic acids is 2. The number of ether oxygens (including phenoxy) is 2. The van der Waals surface area contributed by atoms with Crippen LogP contribution in [0.1, 0.15) is 19.8 Å². The van der Waals surface area contributed by atoms with Gasteiger partial charge in [-0.3, -0.25) is 9.59 Å². The number of piperazine rings is 1. The van der Waals surface area contributed by atoms with E-state index in [0.29, 0.717) is 25.5 Å². The largest absolute Gasteiger partial charge is 0.497 e. The highest BCUT2D eigenvalue weighted by atomic mass is 16.5. The lowest BCUT2D eigenvalue weighted by atomic mass is 9.97. The van der Waals surface area contributed by atoms with Crippen LogP contribution in [0.4, 0.5) is 5.69 Å². The predicted octanol–water partition coefficient (Wildman–Crippen LogP) is 1.69. The van der Waals surface area contributed by atoms with Gasteiger partial charge in [-0.25, -0.2) is 0 Å². The van der Waals surface area contributed by atoms with Crippen LogP contribution in [0.5, 0.6) is 5.75 Å². The van der Waals surface area contributed by atoms with E-state index in [9.17, 15) is 9.59 Å². The van der Waals surface area contributed by atoms with Gasteiger partial charge in [-0.05, 0) is 31.9 Å². The summed E-state index contributed by atoms with van der Waals surface area (Å²) in [5.74, 6) is 0.738. The quantitative estimate of drug-likeness (QED) is 0.845. The van der Waals surface area contributed by atoms with Crippen LogP contribution in [0, 0.1) is 5.92 Å². The Morgan fingerprint density at radius 1 is 1.29 bits per heavy atom. The SMILES string of the molecule is COc1cccc(N2C(=O)CN(C(=O)C3CCOCC3)C[C@H]2C)c1. The first-order valence-corrected chi connectivity index (χ1v) is 8.43. The topological polar surface area (TPSA) is 59.1 Å². The van der Waals surface area contributed by atoms with Crippen LogP contribution in [-0.4, -0.2) is 56.2 Å². The van der Waals surface area contributed by atoms with Crippen LogP contribution >= 0.6 is 0 Å². The Hall–Kier alpha value is -2.08. The molecule has 6 heteroatoms. The number of carbonyl (C=O) groups is 2. The summed E-state index contributed by atoms with van der Waals surface area (Å²) in [6.45, 7) is 3.92. The molecule has 24 heavy (non-hydrogen) atoms. The lowest BCUT2D eigenvalue weighted by molar-refractivity contribution is -0.143. The van der Waals surface area contributed by atoms with Crippen LogP contribution in [0.15, 0.2) is 24.3 Å². The fourth-order valence-electron chi connectivity index (χ4n) is 3.48. The minimum Gasteiger partial charge on any atom is -0.497 e. The zero-order chi connectivity index (χ0) is 17.1. The van der Waals surface area contributed by atoms with Crippen molar-refractivity contribution in [3.63, 3.8) is 0 Å². The normalized spacial score (nSPS) is 22.6. The first-order valence-electron chi connectivity index (χ1n) is 8.43.